The highest BCUT2D eigenvalue weighted by Crippen LogP contribution is 2.38. The van der Waals surface area contributed by atoms with Gasteiger partial charge in [-0.05, 0) is 60.9 Å². The number of carbonyl (C=O) groups is 3. The Bertz CT molecular complexity index is 1420. The van der Waals surface area contributed by atoms with Gasteiger partial charge in [-0.15, -0.1) is 0 Å². The molecule has 184 valence electrons. The molecule has 1 heterocycles. The summed E-state index contributed by atoms with van der Waals surface area (Å²) in [7, 11) is 1.46. The third-order valence-electron chi connectivity index (χ3n) is 5.54. The molecule has 4 amide bonds. The van der Waals surface area contributed by atoms with Crippen LogP contribution in [0.3, 0.4) is 0 Å². The Labute approximate surface area is 218 Å². The van der Waals surface area contributed by atoms with Crippen LogP contribution in [0, 0.1) is 13.8 Å². The largest absolute Gasteiger partial charge is 0.493 e. The number of aryl methyl sites for hydroxylation is 2. The van der Waals surface area contributed by atoms with Gasteiger partial charge in [0, 0.05) is 5.02 Å². The normalized spacial score (nSPS) is 14.8. The second kappa shape index (κ2) is 10.4. The predicted molar refractivity (Wildman–Crippen MR) is 139 cm³/mol. The van der Waals surface area contributed by atoms with E-state index in [1.165, 1.54) is 19.3 Å². The second-order valence-corrected chi connectivity index (χ2v) is 9.02. The Morgan fingerprint density at radius 2 is 1.75 bits per heavy atom. The molecule has 1 N–H and O–H groups in total. The van der Waals surface area contributed by atoms with Crippen LogP contribution >= 0.6 is 23.2 Å². The molecule has 4 rings (SSSR count). The molecule has 1 fully saturated rings. The number of nitrogens with zero attached hydrogens (tertiary/aromatic N) is 1. The average Bonchev–Trinajstić information content (AvgIpc) is 2.83. The molecule has 0 radical (unpaired) electrons. The highest BCUT2D eigenvalue weighted by Gasteiger charge is 2.37. The molecular weight excluding hydrogens is 503 g/mol. The fourth-order valence-electron chi connectivity index (χ4n) is 3.70. The summed E-state index contributed by atoms with van der Waals surface area (Å²) in [5.41, 5.74) is 3.25. The summed E-state index contributed by atoms with van der Waals surface area (Å²) in [6, 6.07) is 14.9. The lowest BCUT2D eigenvalue weighted by molar-refractivity contribution is -0.122. The molecule has 0 spiro atoms. The Balaban J connectivity index is 1.65. The minimum absolute atomic E-state index is 0.232. The zero-order valence-electron chi connectivity index (χ0n) is 19.7. The maximum Gasteiger partial charge on any atom is 0.335 e. The third kappa shape index (κ3) is 5.22. The molecule has 0 unspecified atom stereocenters. The summed E-state index contributed by atoms with van der Waals surface area (Å²) in [6.45, 7) is 4.06. The van der Waals surface area contributed by atoms with E-state index in [0.29, 0.717) is 22.1 Å². The summed E-state index contributed by atoms with van der Waals surface area (Å²) in [6.07, 6.45) is 1.34. The number of halogens is 2. The van der Waals surface area contributed by atoms with Crippen LogP contribution in [0.4, 0.5) is 10.5 Å². The highest BCUT2D eigenvalue weighted by molar-refractivity contribution is 6.39. The SMILES string of the molecule is COc1cc(/C=C2/C(=O)NC(=O)N(c3ccc(C)c(Cl)c3)C2=O)cc(Cl)c1OCc1cccc(C)c1. The van der Waals surface area contributed by atoms with Crippen LogP contribution in [0.2, 0.25) is 10.0 Å². The van der Waals surface area contributed by atoms with Crippen LogP contribution < -0.4 is 19.7 Å². The van der Waals surface area contributed by atoms with Crippen LogP contribution in [0.5, 0.6) is 11.5 Å². The second-order valence-electron chi connectivity index (χ2n) is 8.20. The first kappa shape index (κ1) is 25.3. The lowest BCUT2D eigenvalue weighted by Gasteiger charge is -2.26. The van der Waals surface area contributed by atoms with Crippen molar-refractivity contribution in [2.75, 3.05) is 12.0 Å². The first-order valence-corrected chi connectivity index (χ1v) is 11.7. The number of hydrogen-bond donors (Lipinski definition) is 1. The fourth-order valence-corrected chi connectivity index (χ4v) is 4.15. The van der Waals surface area contributed by atoms with E-state index < -0.39 is 17.8 Å². The molecular formula is C27H22Cl2N2O5. The van der Waals surface area contributed by atoms with Crippen molar-refractivity contribution in [3.63, 3.8) is 0 Å². The van der Waals surface area contributed by atoms with Gasteiger partial charge < -0.3 is 9.47 Å². The van der Waals surface area contributed by atoms with Crippen LogP contribution in [0.15, 0.2) is 60.2 Å². The number of benzene rings is 3. The quantitative estimate of drug-likeness (QED) is 0.322. The number of urea groups is 1. The summed E-state index contributed by atoms with van der Waals surface area (Å²) < 4.78 is 11.4. The van der Waals surface area contributed by atoms with Crippen molar-refractivity contribution in [2.45, 2.75) is 20.5 Å². The Kier molecular flexibility index (Phi) is 7.33. The number of ether oxygens (including phenoxy) is 2. The lowest BCUT2D eigenvalue weighted by atomic mass is 10.1. The maximum atomic E-state index is 13.2. The average molecular weight is 525 g/mol. The van der Waals surface area contributed by atoms with Crippen molar-refractivity contribution in [1.82, 2.24) is 5.32 Å². The van der Waals surface area contributed by atoms with Gasteiger partial charge in [-0.2, -0.15) is 0 Å². The molecule has 0 aromatic heterocycles. The maximum absolute atomic E-state index is 13.2. The van der Waals surface area contributed by atoms with Gasteiger partial charge in [0.15, 0.2) is 11.5 Å². The summed E-state index contributed by atoms with van der Waals surface area (Å²) in [4.78, 5) is 39.1. The molecule has 36 heavy (non-hydrogen) atoms. The van der Waals surface area contributed by atoms with E-state index in [-0.39, 0.29) is 22.9 Å². The number of anilines is 1. The zero-order chi connectivity index (χ0) is 26.0. The van der Waals surface area contributed by atoms with E-state index in [1.807, 2.05) is 31.2 Å². The van der Waals surface area contributed by atoms with Crippen LogP contribution in [0.1, 0.15) is 22.3 Å². The van der Waals surface area contributed by atoms with Crippen molar-refractivity contribution in [2.24, 2.45) is 0 Å². The number of rotatable bonds is 6. The molecule has 0 atom stereocenters. The van der Waals surface area contributed by atoms with Crippen molar-refractivity contribution in [3.8, 4) is 11.5 Å². The van der Waals surface area contributed by atoms with Gasteiger partial charge in [-0.25, -0.2) is 9.69 Å². The van der Waals surface area contributed by atoms with Gasteiger partial charge in [0.1, 0.15) is 12.2 Å². The Morgan fingerprint density at radius 3 is 2.44 bits per heavy atom. The molecule has 9 heteroatoms. The molecule has 7 nitrogen and oxygen atoms in total. The number of methoxy groups -OCH3 is 1. The van der Waals surface area contributed by atoms with Crippen LogP contribution in [0.25, 0.3) is 6.08 Å². The molecule has 1 aliphatic heterocycles. The molecule has 1 aliphatic rings. The Hall–Kier alpha value is -3.81. The van der Waals surface area contributed by atoms with Crippen molar-refractivity contribution in [1.29, 1.82) is 0 Å². The summed E-state index contributed by atoms with van der Waals surface area (Å²) in [5.74, 6) is -0.967. The highest BCUT2D eigenvalue weighted by atomic mass is 35.5. The molecule has 0 saturated carbocycles. The van der Waals surface area contributed by atoms with Gasteiger partial charge in [0.05, 0.1) is 17.8 Å². The van der Waals surface area contributed by atoms with E-state index in [2.05, 4.69) is 5.32 Å². The topological polar surface area (TPSA) is 84.9 Å². The number of amides is 4. The fraction of sp³-hybridized carbons (Fsp3) is 0.148. The van der Waals surface area contributed by atoms with Gasteiger partial charge in [0.25, 0.3) is 11.8 Å². The minimum Gasteiger partial charge on any atom is -0.493 e. The number of carbonyl (C=O) groups excluding carboxylic acids is 3. The molecule has 0 aliphatic carbocycles. The summed E-state index contributed by atoms with van der Waals surface area (Å²) >= 11 is 12.7. The van der Waals surface area contributed by atoms with E-state index in [9.17, 15) is 14.4 Å². The molecule has 0 bridgehead atoms. The van der Waals surface area contributed by atoms with E-state index in [1.54, 1.807) is 31.2 Å². The first-order chi connectivity index (χ1) is 17.2. The predicted octanol–water partition coefficient (Wildman–Crippen LogP) is 5.86. The smallest absolute Gasteiger partial charge is 0.335 e. The van der Waals surface area contributed by atoms with Gasteiger partial charge in [0.2, 0.25) is 0 Å². The van der Waals surface area contributed by atoms with E-state index in [4.69, 9.17) is 32.7 Å². The molecule has 3 aromatic rings. The number of hydrogen-bond acceptors (Lipinski definition) is 5. The third-order valence-corrected chi connectivity index (χ3v) is 6.23. The van der Waals surface area contributed by atoms with Gasteiger partial charge in [-0.1, -0.05) is 59.1 Å². The molecule has 3 aromatic carbocycles. The Morgan fingerprint density at radius 1 is 0.972 bits per heavy atom. The zero-order valence-corrected chi connectivity index (χ0v) is 21.2. The monoisotopic (exact) mass is 524 g/mol. The number of barbiturate groups is 1. The number of imide groups is 2. The minimum atomic E-state index is -0.863. The summed E-state index contributed by atoms with van der Waals surface area (Å²) in [5, 5.41) is 2.80. The first-order valence-electron chi connectivity index (χ1n) is 10.9. The van der Waals surface area contributed by atoms with Crippen molar-refractivity contribution in [3.05, 3.63) is 92.5 Å². The van der Waals surface area contributed by atoms with Crippen LogP contribution in [-0.2, 0) is 16.2 Å². The van der Waals surface area contributed by atoms with E-state index in [0.717, 1.165) is 21.6 Å². The number of nitrogens with one attached hydrogen (secondary N) is 1. The van der Waals surface area contributed by atoms with Gasteiger partial charge >= 0.3 is 6.03 Å². The van der Waals surface area contributed by atoms with Crippen LogP contribution in [-0.4, -0.2) is 25.0 Å². The standard InChI is InChI=1S/C27H22Cl2N2O5/c1-15-5-4-6-17(9-15)14-36-24-22(29)11-18(12-23(24)35-3)10-20-25(32)30-27(34)31(26(20)33)19-8-7-16(2)21(28)13-19/h4-13H,14H2,1-3H3,(H,30,32,34)/b20-10-. The lowest BCUT2D eigenvalue weighted by Crippen LogP contribution is -2.54. The molecule has 1 saturated heterocycles. The van der Waals surface area contributed by atoms with Crippen molar-refractivity contribution < 1.29 is 23.9 Å². The van der Waals surface area contributed by atoms with E-state index >= 15 is 0 Å². The van der Waals surface area contributed by atoms with Crippen molar-refractivity contribution >= 4 is 52.8 Å². The van der Waals surface area contributed by atoms with Gasteiger partial charge in [-0.3, -0.25) is 14.9 Å².